The summed E-state index contributed by atoms with van der Waals surface area (Å²) < 4.78 is 4.97. The number of carbonyl (C=O) groups is 2. The first kappa shape index (κ1) is 14.8. The van der Waals surface area contributed by atoms with E-state index in [0.29, 0.717) is 5.92 Å². The lowest BCUT2D eigenvalue weighted by atomic mass is 9.99. The van der Waals surface area contributed by atoms with Gasteiger partial charge in [-0.25, -0.2) is 4.79 Å². The molecule has 20 heavy (non-hydrogen) atoms. The van der Waals surface area contributed by atoms with Crippen molar-refractivity contribution in [2.75, 3.05) is 19.7 Å². The average molecular weight is 293 g/mol. The second-order valence-electron chi connectivity index (χ2n) is 5.02. The Morgan fingerprint density at radius 3 is 2.85 bits per heavy atom. The molecular formula is C15H19NO3S. The van der Waals surface area contributed by atoms with E-state index in [-0.39, 0.29) is 12.5 Å². The van der Waals surface area contributed by atoms with Crippen molar-refractivity contribution in [2.45, 2.75) is 19.8 Å². The summed E-state index contributed by atoms with van der Waals surface area (Å²) in [6.07, 6.45) is 5.10. The van der Waals surface area contributed by atoms with E-state index in [1.54, 1.807) is 22.3 Å². The number of esters is 1. The highest BCUT2D eigenvalue weighted by Gasteiger charge is 2.20. The Balaban J connectivity index is 1.71. The van der Waals surface area contributed by atoms with Crippen LogP contribution in [0.5, 0.6) is 0 Å². The molecule has 5 heteroatoms. The van der Waals surface area contributed by atoms with E-state index in [4.69, 9.17) is 4.74 Å². The number of ether oxygens (including phenoxy) is 1. The third-order valence-corrected chi connectivity index (χ3v) is 4.24. The molecular weight excluding hydrogens is 274 g/mol. The van der Waals surface area contributed by atoms with Crippen LogP contribution < -0.4 is 0 Å². The van der Waals surface area contributed by atoms with E-state index in [9.17, 15) is 9.59 Å². The van der Waals surface area contributed by atoms with Crippen LogP contribution in [-0.2, 0) is 14.3 Å². The molecule has 1 saturated heterocycles. The summed E-state index contributed by atoms with van der Waals surface area (Å²) in [4.78, 5) is 26.1. The number of likely N-dealkylation sites (tertiary alicyclic amines) is 1. The molecule has 0 unspecified atom stereocenters. The van der Waals surface area contributed by atoms with Gasteiger partial charge >= 0.3 is 5.97 Å². The highest BCUT2D eigenvalue weighted by molar-refractivity contribution is 7.10. The van der Waals surface area contributed by atoms with Gasteiger partial charge in [-0.2, -0.15) is 0 Å². The zero-order chi connectivity index (χ0) is 14.4. The quantitative estimate of drug-likeness (QED) is 0.633. The first-order valence-electron chi connectivity index (χ1n) is 6.81. The van der Waals surface area contributed by atoms with Crippen molar-refractivity contribution in [3.05, 3.63) is 28.5 Å². The normalized spacial score (nSPS) is 16.6. The molecule has 108 valence electrons. The summed E-state index contributed by atoms with van der Waals surface area (Å²) in [5, 5.41) is 1.94. The molecule has 0 spiro atoms. The summed E-state index contributed by atoms with van der Waals surface area (Å²) >= 11 is 1.54. The summed E-state index contributed by atoms with van der Waals surface area (Å²) in [6.45, 7) is 3.56. The minimum atomic E-state index is -0.475. The fourth-order valence-electron chi connectivity index (χ4n) is 2.07. The van der Waals surface area contributed by atoms with Crippen molar-refractivity contribution in [1.29, 1.82) is 0 Å². The molecule has 0 radical (unpaired) electrons. The lowest BCUT2D eigenvalue weighted by Gasteiger charge is -2.30. The molecule has 1 aromatic rings. The van der Waals surface area contributed by atoms with Crippen molar-refractivity contribution in [2.24, 2.45) is 5.92 Å². The second-order valence-corrected chi connectivity index (χ2v) is 6.00. The monoisotopic (exact) mass is 293 g/mol. The SMILES string of the molecule is CC1CCN(C(=O)COC(=O)C=Cc2cccs2)CC1. The van der Waals surface area contributed by atoms with Crippen LogP contribution in [0.3, 0.4) is 0 Å². The van der Waals surface area contributed by atoms with Crippen LogP contribution >= 0.6 is 11.3 Å². The van der Waals surface area contributed by atoms with E-state index in [1.165, 1.54) is 6.08 Å². The number of rotatable bonds is 4. The van der Waals surface area contributed by atoms with Crippen LogP contribution in [0.15, 0.2) is 23.6 Å². The molecule has 1 aromatic heterocycles. The molecule has 0 aliphatic carbocycles. The minimum absolute atomic E-state index is 0.102. The van der Waals surface area contributed by atoms with E-state index < -0.39 is 5.97 Å². The highest BCUT2D eigenvalue weighted by Crippen LogP contribution is 2.16. The predicted octanol–water partition coefficient (Wildman–Crippen LogP) is 2.56. The van der Waals surface area contributed by atoms with Crippen LogP contribution in [0.1, 0.15) is 24.6 Å². The molecule has 0 atom stereocenters. The number of hydrogen-bond acceptors (Lipinski definition) is 4. The molecule has 1 fully saturated rings. The largest absolute Gasteiger partial charge is 0.452 e. The van der Waals surface area contributed by atoms with Crippen molar-refractivity contribution < 1.29 is 14.3 Å². The third-order valence-electron chi connectivity index (χ3n) is 3.40. The topological polar surface area (TPSA) is 46.6 Å². The first-order valence-corrected chi connectivity index (χ1v) is 7.69. The van der Waals surface area contributed by atoms with Gasteiger partial charge in [0.25, 0.3) is 5.91 Å². The van der Waals surface area contributed by atoms with Gasteiger partial charge in [-0.1, -0.05) is 13.0 Å². The standard InChI is InChI=1S/C15H19NO3S/c1-12-6-8-16(9-7-12)14(17)11-19-15(18)5-4-13-3-2-10-20-13/h2-5,10,12H,6-9,11H2,1H3. The van der Waals surface area contributed by atoms with Crippen LogP contribution in [0.25, 0.3) is 6.08 Å². The van der Waals surface area contributed by atoms with E-state index >= 15 is 0 Å². The predicted molar refractivity (Wildman–Crippen MR) is 79.3 cm³/mol. The van der Waals surface area contributed by atoms with Crippen molar-refractivity contribution in [1.82, 2.24) is 4.90 Å². The Morgan fingerprint density at radius 2 is 2.20 bits per heavy atom. The lowest BCUT2D eigenvalue weighted by Crippen LogP contribution is -2.40. The van der Waals surface area contributed by atoms with Gasteiger partial charge in [-0.05, 0) is 36.3 Å². The van der Waals surface area contributed by atoms with E-state index in [0.717, 1.165) is 30.8 Å². The molecule has 1 aliphatic heterocycles. The Labute approximate surface area is 123 Å². The van der Waals surface area contributed by atoms with Crippen LogP contribution in [0, 0.1) is 5.92 Å². The zero-order valence-electron chi connectivity index (χ0n) is 11.6. The van der Waals surface area contributed by atoms with Crippen LogP contribution in [0.2, 0.25) is 0 Å². The first-order chi connectivity index (χ1) is 9.65. The molecule has 2 heterocycles. The zero-order valence-corrected chi connectivity index (χ0v) is 12.4. The molecule has 0 N–H and O–H groups in total. The Morgan fingerprint density at radius 1 is 1.45 bits per heavy atom. The smallest absolute Gasteiger partial charge is 0.331 e. The van der Waals surface area contributed by atoms with Gasteiger partial charge in [-0.3, -0.25) is 4.79 Å². The molecule has 0 bridgehead atoms. The highest BCUT2D eigenvalue weighted by atomic mass is 32.1. The Bertz CT molecular complexity index is 473. The molecule has 1 aliphatic rings. The maximum Gasteiger partial charge on any atom is 0.331 e. The maximum atomic E-state index is 11.9. The number of thiophene rings is 1. The Hall–Kier alpha value is -1.62. The van der Waals surface area contributed by atoms with Gasteiger partial charge in [-0.15, -0.1) is 11.3 Å². The number of amides is 1. The van der Waals surface area contributed by atoms with Gasteiger partial charge in [0.2, 0.25) is 0 Å². The van der Waals surface area contributed by atoms with Crippen LogP contribution in [-0.4, -0.2) is 36.5 Å². The lowest BCUT2D eigenvalue weighted by molar-refractivity contribution is -0.148. The minimum Gasteiger partial charge on any atom is -0.452 e. The molecule has 1 amide bonds. The van der Waals surface area contributed by atoms with Gasteiger partial charge in [0.05, 0.1) is 0 Å². The van der Waals surface area contributed by atoms with Gasteiger partial charge in [0, 0.05) is 24.0 Å². The third kappa shape index (κ3) is 4.49. The summed E-state index contributed by atoms with van der Waals surface area (Å²) in [6, 6.07) is 3.82. The van der Waals surface area contributed by atoms with E-state index in [1.807, 2.05) is 17.5 Å². The molecule has 0 saturated carbocycles. The Kier molecular flexibility index (Phi) is 5.35. The number of hydrogen-bond donors (Lipinski definition) is 0. The number of nitrogens with zero attached hydrogens (tertiary/aromatic N) is 1. The van der Waals surface area contributed by atoms with Crippen molar-refractivity contribution >= 4 is 29.3 Å². The van der Waals surface area contributed by atoms with E-state index in [2.05, 4.69) is 6.92 Å². The number of piperidine rings is 1. The fraction of sp³-hybridized carbons (Fsp3) is 0.467. The summed E-state index contributed by atoms with van der Waals surface area (Å²) in [5.41, 5.74) is 0. The van der Waals surface area contributed by atoms with Gasteiger partial charge in [0.1, 0.15) is 0 Å². The summed E-state index contributed by atoms with van der Waals surface area (Å²) in [5.74, 6) is 0.0993. The van der Waals surface area contributed by atoms with Gasteiger partial charge < -0.3 is 9.64 Å². The second kappa shape index (κ2) is 7.24. The average Bonchev–Trinajstić information content (AvgIpc) is 2.96. The molecule has 4 nitrogen and oxygen atoms in total. The van der Waals surface area contributed by atoms with Crippen molar-refractivity contribution in [3.8, 4) is 0 Å². The van der Waals surface area contributed by atoms with Crippen molar-refractivity contribution in [3.63, 3.8) is 0 Å². The molecule has 2 rings (SSSR count). The molecule has 0 aromatic carbocycles. The maximum absolute atomic E-state index is 11.9. The van der Waals surface area contributed by atoms with Crippen LogP contribution in [0.4, 0.5) is 0 Å². The number of carbonyl (C=O) groups excluding carboxylic acids is 2. The summed E-state index contributed by atoms with van der Waals surface area (Å²) in [7, 11) is 0. The van der Waals surface area contributed by atoms with Gasteiger partial charge in [0.15, 0.2) is 6.61 Å². The fourth-order valence-corrected chi connectivity index (χ4v) is 2.68.